The first-order valence-electron chi connectivity index (χ1n) is 8.51. The zero-order valence-electron chi connectivity index (χ0n) is 15.3. The Morgan fingerprint density at radius 2 is 1.69 bits per heavy atom. The van der Waals surface area contributed by atoms with Crippen molar-refractivity contribution in [3.63, 3.8) is 0 Å². The molecule has 0 fully saturated rings. The van der Waals surface area contributed by atoms with Crippen molar-refractivity contribution in [2.75, 3.05) is 5.75 Å². The van der Waals surface area contributed by atoms with E-state index in [-0.39, 0.29) is 27.8 Å². The molecule has 3 aromatic heterocycles. The van der Waals surface area contributed by atoms with Gasteiger partial charge in [0.2, 0.25) is 0 Å². The summed E-state index contributed by atoms with van der Waals surface area (Å²) in [4.78, 5) is 16.4. The number of nitrogens with zero attached hydrogens (tertiary/aromatic N) is 5. The summed E-state index contributed by atoms with van der Waals surface area (Å²) in [5.74, 6) is -0.122. The minimum atomic E-state index is -4.62. The molecule has 0 aliphatic carbocycles. The molecule has 7 nitrogen and oxygen atoms in total. The molecule has 4 rings (SSSR count). The molecular weight excluding hydrogens is 407 g/mol. The number of rotatable bonds is 3. The van der Waals surface area contributed by atoms with Crippen molar-refractivity contribution < 1.29 is 21.6 Å². The van der Waals surface area contributed by atoms with Crippen LogP contribution < -0.4 is 0 Å². The van der Waals surface area contributed by atoms with Crippen LogP contribution >= 0.6 is 0 Å². The van der Waals surface area contributed by atoms with Crippen LogP contribution in [0.25, 0.3) is 33.6 Å². The van der Waals surface area contributed by atoms with Crippen LogP contribution in [0.1, 0.15) is 12.6 Å². The number of hydrogen-bond donors (Lipinski definition) is 0. The van der Waals surface area contributed by atoms with E-state index in [0.29, 0.717) is 16.6 Å². The van der Waals surface area contributed by atoms with E-state index in [9.17, 15) is 21.6 Å². The first-order chi connectivity index (χ1) is 13.6. The smallest absolute Gasteiger partial charge is 0.324 e. The lowest BCUT2D eigenvalue weighted by Gasteiger charge is -2.09. The van der Waals surface area contributed by atoms with Gasteiger partial charge in [0.05, 0.1) is 34.0 Å². The van der Waals surface area contributed by atoms with Gasteiger partial charge in [0.15, 0.2) is 20.7 Å². The highest BCUT2D eigenvalue weighted by atomic mass is 32.2. The zero-order valence-corrected chi connectivity index (χ0v) is 16.1. The first-order valence-corrected chi connectivity index (χ1v) is 10.2. The number of aryl methyl sites for hydroxylation is 1. The minimum Gasteiger partial charge on any atom is -0.324 e. The number of sulfone groups is 1. The van der Waals surface area contributed by atoms with Crippen LogP contribution in [0.2, 0.25) is 0 Å². The number of aromatic nitrogens is 5. The number of fused-ring (bicyclic) bond motifs is 2. The summed E-state index contributed by atoms with van der Waals surface area (Å²) in [5, 5.41) is -0.263. The zero-order chi connectivity index (χ0) is 21.0. The van der Waals surface area contributed by atoms with E-state index in [1.54, 1.807) is 31.3 Å². The summed E-state index contributed by atoms with van der Waals surface area (Å²) in [7, 11) is -2.22. The highest BCUT2D eigenvalue weighted by Gasteiger charge is 2.33. The third kappa shape index (κ3) is 3.20. The Morgan fingerprint density at radius 1 is 1.03 bits per heavy atom. The maximum atomic E-state index is 13.0. The summed E-state index contributed by atoms with van der Waals surface area (Å²) in [6, 6.07) is 7.55. The van der Waals surface area contributed by atoms with Gasteiger partial charge in [0, 0.05) is 7.05 Å². The van der Waals surface area contributed by atoms with Crippen LogP contribution in [-0.2, 0) is 23.1 Å². The summed E-state index contributed by atoms with van der Waals surface area (Å²) in [5.41, 5.74) is 0.0719. The van der Waals surface area contributed by atoms with Gasteiger partial charge < -0.3 is 4.57 Å². The fourth-order valence-corrected chi connectivity index (χ4v) is 3.88. The standard InChI is InChI=1S/C18H14F3N5O2S/c1-3-29(27,28)17-15(23-10-6-4-5-7-11(10)25-17)16-24-12-8-14(18(19,20)21)22-9-13(12)26(16)2/h4-9H,3H2,1-2H3. The van der Waals surface area contributed by atoms with E-state index >= 15 is 0 Å². The molecule has 3 heterocycles. The lowest BCUT2D eigenvalue weighted by Crippen LogP contribution is -2.11. The summed E-state index contributed by atoms with van der Waals surface area (Å²) in [6.45, 7) is 1.48. The predicted molar refractivity (Wildman–Crippen MR) is 99.8 cm³/mol. The van der Waals surface area contributed by atoms with Crippen LogP contribution in [0.3, 0.4) is 0 Å². The van der Waals surface area contributed by atoms with Crippen LogP contribution in [0.15, 0.2) is 41.6 Å². The Balaban J connectivity index is 2.04. The Hall–Kier alpha value is -3.08. The third-order valence-corrected chi connectivity index (χ3v) is 6.12. The molecule has 0 radical (unpaired) electrons. The van der Waals surface area contributed by atoms with Gasteiger partial charge in [-0.1, -0.05) is 19.1 Å². The number of imidazole rings is 1. The average molecular weight is 421 g/mol. The van der Waals surface area contributed by atoms with E-state index in [1.807, 2.05) is 0 Å². The van der Waals surface area contributed by atoms with E-state index in [1.165, 1.54) is 11.5 Å². The second-order valence-corrected chi connectivity index (χ2v) is 8.51. The molecule has 0 unspecified atom stereocenters. The molecule has 0 saturated heterocycles. The van der Waals surface area contributed by atoms with E-state index in [4.69, 9.17) is 0 Å². The van der Waals surface area contributed by atoms with Crippen LogP contribution in [0, 0.1) is 0 Å². The monoisotopic (exact) mass is 421 g/mol. The predicted octanol–water partition coefficient (Wildman–Crippen LogP) is 3.39. The van der Waals surface area contributed by atoms with E-state index in [0.717, 1.165) is 12.3 Å². The fourth-order valence-electron chi connectivity index (χ4n) is 2.94. The molecular formula is C18H14F3N5O2S. The van der Waals surface area contributed by atoms with Gasteiger partial charge in [-0.3, -0.25) is 0 Å². The van der Waals surface area contributed by atoms with Gasteiger partial charge in [-0.15, -0.1) is 0 Å². The van der Waals surface area contributed by atoms with Gasteiger partial charge >= 0.3 is 6.18 Å². The van der Waals surface area contributed by atoms with Crippen molar-refractivity contribution in [3.05, 3.63) is 42.2 Å². The summed E-state index contributed by atoms with van der Waals surface area (Å²) in [6.07, 6.45) is -3.57. The molecule has 0 aliphatic heterocycles. The van der Waals surface area contributed by atoms with E-state index in [2.05, 4.69) is 19.9 Å². The SMILES string of the molecule is CCS(=O)(=O)c1nc2ccccc2nc1-c1nc2cc(C(F)(F)F)ncc2n1C. The normalized spacial score (nSPS) is 12.7. The Kier molecular flexibility index (Phi) is 4.30. The molecule has 150 valence electrons. The lowest BCUT2D eigenvalue weighted by molar-refractivity contribution is -0.141. The fraction of sp³-hybridized carbons (Fsp3) is 0.222. The molecule has 1 aromatic carbocycles. The quantitative estimate of drug-likeness (QED) is 0.504. The topological polar surface area (TPSA) is 90.6 Å². The summed E-state index contributed by atoms with van der Waals surface area (Å²) >= 11 is 0. The van der Waals surface area contributed by atoms with Gasteiger partial charge in [-0.2, -0.15) is 13.2 Å². The number of para-hydroxylation sites is 2. The van der Waals surface area contributed by atoms with Crippen LogP contribution in [0.4, 0.5) is 13.2 Å². The lowest BCUT2D eigenvalue weighted by atomic mass is 10.3. The maximum absolute atomic E-state index is 13.0. The van der Waals surface area contributed by atoms with Crippen molar-refractivity contribution in [2.24, 2.45) is 7.05 Å². The number of pyridine rings is 1. The summed E-state index contributed by atoms with van der Waals surface area (Å²) < 4.78 is 65.7. The highest BCUT2D eigenvalue weighted by Crippen LogP contribution is 2.32. The van der Waals surface area contributed by atoms with Crippen LogP contribution in [0.5, 0.6) is 0 Å². The van der Waals surface area contributed by atoms with Gasteiger partial charge in [-0.25, -0.2) is 28.4 Å². The second kappa shape index (κ2) is 6.48. The number of hydrogen-bond acceptors (Lipinski definition) is 6. The molecule has 0 spiro atoms. The Labute approximate surface area is 163 Å². The molecule has 0 aliphatic rings. The molecule has 29 heavy (non-hydrogen) atoms. The van der Waals surface area contributed by atoms with Crippen molar-refractivity contribution in [3.8, 4) is 11.5 Å². The molecule has 4 aromatic rings. The highest BCUT2D eigenvalue weighted by molar-refractivity contribution is 7.91. The molecule has 0 saturated carbocycles. The van der Waals surface area contributed by atoms with E-state index < -0.39 is 21.7 Å². The van der Waals surface area contributed by atoms with Crippen molar-refractivity contribution in [1.29, 1.82) is 0 Å². The van der Waals surface area contributed by atoms with Gasteiger partial charge in [0.1, 0.15) is 11.4 Å². The third-order valence-electron chi connectivity index (χ3n) is 4.48. The first kappa shape index (κ1) is 19.2. The molecule has 11 heteroatoms. The second-order valence-electron chi connectivity index (χ2n) is 6.32. The van der Waals surface area contributed by atoms with Gasteiger partial charge in [-0.05, 0) is 18.2 Å². The van der Waals surface area contributed by atoms with Crippen molar-refractivity contribution in [2.45, 2.75) is 18.1 Å². The van der Waals surface area contributed by atoms with Gasteiger partial charge in [0.25, 0.3) is 0 Å². The van der Waals surface area contributed by atoms with Crippen molar-refractivity contribution in [1.82, 2.24) is 24.5 Å². The minimum absolute atomic E-state index is 0.0159. The Morgan fingerprint density at radius 3 is 2.31 bits per heavy atom. The molecule has 0 bridgehead atoms. The van der Waals surface area contributed by atoms with Crippen molar-refractivity contribution >= 4 is 31.9 Å². The average Bonchev–Trinajstić information content (AvgIpc) is 3.02. The molecule has 0 N–H and O–H groups in total. The number of benzene rings is 1. The molecule has 0 atom stereocenters. The number of halogens is 3. The molecule has 0 amide bonds. The van der Waals surface area contributed by atoms with Crippen LogP contribution in [-0.4, -0.2) is 38.7 Å². The largest absolute Gasteiger partial charge is 0.433 e. The maximum Gasteiger partial charge on any atom is 0.433 e. The number of alkyl halides is 3. The Bertz CT molecular complexity index is 1360.